The number of fused-ring (bicyclic) bond motifs is 1. The zero-order chi connectivity index (χ0) is 14.7. The third-order valence-electron chi connectivity index (χ3n) is 3.05. The van der Waals surface area contributed by atoms with Crippen molar-refractivity contribution in [3.63, 3.8) is 0 Å². The van der Waals surface area contributed by atoms with Crippen LogP contribution in [0.5, 0.6) is 0 Å². The number of methoxy groups -OCH3 is 1. The SMILES string of the molecule is CO[C@H]1O[C@@H]2COCO[C@H]2[C@@H](OC(C)=O)[C@H]1OC(C)=O. The standard InChI is InChI=1S/C12H18O8/c1-6(13)18-10-9-8(4-16-5-17-9)20-12(15-3)11(10)19-7(2)14/h8-12H,4-5H2,1-3H3/t8-,9-,10-,11-,12+/m1/s1. The molecule has 0 aromatic heterocycles. The van der Waals surface area contributed by atoms with Crippen LogP contribution in [0.15, 0.2) is 0 Å². The second kappa shape index (κ2) is 6.49. The van der Waals surface area contributed by atoms with Crippen LogP contribution in [0.25, 0.3) is 0 Å². The molecule has 2 aliphatic heterocycles. The summed E-state index contributed by atoms with van der Waals surface area (Å²) in [6.45, 7) is 2.88. The molecule has 0 aromatic rings. The number of ether oxygens (including phenoxy) is 6. The molecule has 0 bridgehead atoms. The Morgan fingerprint density at radius 3 is 2.35 bits per heavy atom. The van der Waals surface area contributed by atoms with Gasteiger partial charge in [0.15, 0.2) is 18.5 Å². The first kappa shape index (κ1) is 15.2. The summed E-state index contributed by atoms with van der Waals surface area (Å²) in [4.78, 5) is 22.5. The molecule has 2 saturated heterocycles. The van der Waals surface area contributed by atoms with Gasteiger partial charge in [0.25, 0.3) is 0 Å². The Labute approximate surface area is 116 Å². The van der Waals surface area contributed by atoms with Crippen molar-refractivity contribution in [2.75, 3.05) is 20.5 Å². The molecule has 0 spiro atoms. The first-order chi connectivity index (χ1) is 9.52. The second-order valence-electron chi connectivity index (χ2n) is 4.55. The van der Waals surface area contributed by atoms with Crippen molar-refractivity contribution >= 4 is 11.9 Å². The van der Waals surface area contributed by atoms with E-state index in [1.54, 1.807) is 0 Å². The molecule has 2 fully saturated rings. The van der Waals surface area contributed by atoms with Crippen LogP contribution in [0.2, 0.25) is 0 Å². The Morgan fingerprint density at radius 2 is 1.75 bits per heavy atom. The highest BCUT2D eigenvalue weighted by molar-refractivity contribution is 5.67. The maximum Gasteiger partial charge on any atom is 0.303 e. The molecule has 0 unspecified atom stereocenters. The lowest BCUT2D eigenvalue weighted by Crippen LogP contribution is -2.63. The summed E-state index contributed by atoms with van der Waals surface area (Å²) in [7, 11) is 1.41. The molecular formula is C12H18O8. The summed E-state index contributed by atoms with van der Waals surface area (Å²) in [6.07, 6.45) is -3.56. The predicted molar refractivity (Wildman–Crippen MR) is 62.5 cm³/mol. The van der Waals surface area contributed by atoms with Gasteiger partial charge in [-0.3, -0.25) is 9.59 Å². The smallest absolute Gasteiger partial charge is 0.303 e. The Kier molecular flexibility index (Phi) is 4.92. The lowest BCUT2D eigenvalue weighted by atomic mass is 9.98. The fourth-order valence-electron chi connectivity index (χ4n) is 2.34. The van der Waals surface area contributed by atoms with Gasteiger partial charge < -0.3 is 28.4 Å². The molecule has 114 valence electrons. The number of hydrogen-bond acceptors (Lipinski definition) is 8. The maximum atomic E-state index is 11.3. The van der Waals surface area contributed by atoms with E-state index >= 15 is 0 Å². The third kappa shape index (κ3) is 3.26. The molecule has 8 nitrogen and oxygen atoms in total. The van der Waals surface area contributed by atoms with Crippen LogP contribution in [-0.2, 0) is 38.0 Å². The minimum absolute atomic E-state index is 0.0622. The third-order valence-corrected chi connectivity index (χ3v) is 3.05. The molecule has 5 atom stereocenters. The van der Waals surface area contributed by atoms with Gasteiger partial charge in [-0.1, -0.05) is 0 Å². The molecule has 20 heavy (non-hydrogen) atoms. The van der Waals surface area contributed by atoms with E-state index in [2.05, 4.69) is 0 Å². The maximum absolute atomic E-state index is 11.3. The Balaban J connectivity index is 2.22. The summed E-state index contributed by atoms with van der Waals surface area (Å²) < 4.78 is 31.8. The van der Waals surface area contributed by atoms with Gasteiger partial charge in [0.1, 0.15) is 19.0 Å². The highest BCUT2D eigenvalue weighted by Gasteiger charge is 2.52. The highest BCUT2D eigenvalue weighted by atomic mass is 16.8. The molecule has 2 aliphatic rings. The average Bonchev–Trinajstić information content (AvgIpc) is 2.40. The molecule has 0 aliphatic carbocycles. The second-order valence-corrected chi connectivity index (χ2v) is 4.55. The monoisotopic (exact) mass is 290 g/mol. The molecule has 0 amide bonds. The van der Waals surface area contributed by atoms with Crippen molar-refractivity contribution in [2.45, 2.75) is 44.6 Å². The van der Waals surface area contributed by atoms with Crippen LogP contribution >= 0.6 is 0 Å². The largest absolute Gasteiger partial charge is 0.455 e. The van der Waals surface area contributed by atoms with Crippen molar-refractivity contribution in [3.05, 3.63) is 0 Å². The van der Waals surface area contributed by atoms with Crippen LogP contribution in [0.1, 0.15) is 13.8 Å². The zero-order valence-corrected chi connectivity index (χ0v) is 11.6. The lowest BCUT2D eigenvalue weighted by Gasteiger charge is -2.45. The van der Waals surface area contributed by atoms with Gasteiger partial charge in [0.05, 0.1) is 6.61 Å². The average molecular weight is 290 g/mol. The van der Waals surface area contributed by atoms with E-state index in [9.17, 15) is 9.59 Å². The van der Waals surface area contributed by atoms with Gasteiger partial charge >= 0.3 is 11.9 Å². The number of esters is 2. The van der Waals surface area contributed by atoms with Gasteiger partial charge in [0, 0.05) is 21.0 Å². The van der Waals surface area contributed by atoms with Gasteiger partial charge in [0.2, 0.25) is 0 Å². The summed E-state index contributed by atoms with van der Waals surface area (Å²) in [6, 6.07) is 0. The summed E-state index contributed by atoms with van der Waals surface area (Å²) in [5.41, 5.74) is 0. The Morgan fingerprint density at radius 1 is 1.10 bits per heavy atom. The van der Waals surface area contributed by atoms with E-state index in [1.165, 1.54) is 21.0 Å². The van der Waals surface area contributed by atoms with Crippen LogP contribution < -0.4 is 0 Å². The minimum atomic E-state index is -0.888. The molecule has 0 radical (unpaired) electrons. The van der Waals surface area contributed by atoms with Crippen molar-refractivity contribution in [1.82, 2.24) is 0 Å². The van der Waals surface area contributed by atoms with Gasteiger partial charge in [-0.15, -0.1) is 0 Å². The fourth-order valence-corrected chi connectivity index (χ4v) is 2.34. The first-order valence-electron chi connectivity index (χ1n) is 6.25. The minimum Gasteiger partial charge on any atom is -0.455 e. The van der Waals surface area contributed by atoms with Crippen LogP contribution in [0.3, 0.4) is 0 Å². The zero-order valence-electron chi connectivity index (χ0n) is 11.6. The highest BCUT2D eigenvalue weighted by Crippen LogP contribution is 2.30. The first-order valence-corrected chi connectivity index (χ1v) is 6.25. The van der Waals surface area contributed by atoms with Crippen LogP contribution in [-0.4, -0.2) is 63.2 Å². The van der Waals surface area contributed by atoms with Crippen molar-refractivity contribution in [3.8, 4) is 0 Å². The normalized spacial score (nSPS) is 36.9. The van der Waals surface area contributed by atoms with E-state index in [4.69, 9.17) is 28.4 Å². The predicted octanol–water partition coefficient (Wildman–Crippen LogP) is -0.406. The molecule has 0 saturated carbocycles. The molecule has 2 heterocycles. The number of carbonyl (C=O) groups excluding carboxylic acids is 2. The molecule has 0 N–H and O–H groups in total. The van der Waals surface area contributed by atoms with Gasteiger partial charge in [-0.05, 0) is 0 Å². The Hall–Kier alpha value is -1.22. The van der Waals surface area contributed by atoms with E-state index in [0.29, 0.717) is 0 Å². The number of hydrogen-bond donors (Lipinski definition) is 0. The van der Waals surface area contributed by atoms with Crippen molar-refractivity contribution in [1.29, 1.82) is 0 Å². The van der Waals surface area contributed by atoms with Crippen molar-refractivity contribution in [2.24, 2.45) is 0 Å². The van der Waals surface area contributed by atoms with E-state index in [1.807, 2.05) is 0 Å². The topological polar surface area (TPSA) is 89.5 Å². The van der Waals surface area contributed by atoms with Crippen LogP contribution in [0.4, 0.5) is 0 Å². The molecule has 8 heteroatoms. The summed E-state index contributed by atoms with van der Waals surface area (Å²) in [5.74, 6) is -1.03. The van der Waals surface area contributed by atoms with E-state index in [-0.39, 0.29) is 13.4 Å². The van der Waals surface area contributed by atoms with E-state index < -0.39 is 42.6 Å². The van der Waals surface area contributed by atoms with Crippen LogP contribution in [0, 0.1) is 0 Å². The van der Waals surface area contributed by atoms with Crippen molar-refractivity contribution < 1.29 is 38.0 Å². The molecule has 0 aromatic carbocycles. The Bertz CT molecular complexity index is 370. The molecule has 2 rings (SSSR count). The number of carbonyl (C=O) groups is 2. The van der Waals surface area contributed by atoms with E-state index in [0.717, 1.165) is 0 Å². The van der Waals surface area contributed by atoms with Gasteiger partial charge in [-0.25, -0.2) is 0 Å². The fraction of sp³-hybridized carbons (Fsp3) is 0.833. The molecular weight excluding hydrogens is 272 g/mol. The number of rotatable bonds is 3. The summed E-state index contributed by atoms with van der Waals surface area (Å²) in [5, 5.41) is 0. The lowest BCUT2D eigenvalue weighted by molar-refractivity contribution is -0.337. The quantitative estimate of drug-likeness (QED) is 0.648. The van der Waals surface area contributed by atoms with Gasteiger partial charge in [-0.2, -0.15) is 0 Å². The summed E-state index contributed by atoms with van der Waals surface area (Å²) >= 11 is 0.